The Morgan fingerprint density at radius 1 is 1.16 bits per heavy atom. The minimum Gasteiger partial charge on any atom is -0.364 e. The molecular formula is C23H26F2N2O3S. The monoisotopic (exact) mass is 448 g/mol. The number of piperidine rings is 1. The highest BCUT2D eigenvalue weighted by molar-refractivity contribution is 7.93. The molecule has 0 aliphatic carbocycles. The lowest BCUT2D eigenvalue weighted by Gasteiger charge is -2.38. The fourth-order valence-corrected chi connectivity index (χ4v) is 4.27. The molecule has 1 N–H and O–H groups in total. The number of nitrogens with zero attached hydrogens (tertiary/aromatic N) is 1. The third-order valence-corrected chi connectivity index (χ3v) is 5.93. The Balaban J connectivity index is 1.75. The van der Waals surface area contributed by atoms with Crippen LogP contribution in [0.3, 0.4) is 0 Å². The molecular weight excluding hydrogens is 422 g/mol. The number of carbonyl (C=O) groups excluding carboxylic acids is 1. The van der Waals surface area contributed by atoms with Crippen LogP contribution in [-0.2, 0) is 9.84 Å². The second-order valence-corrected chi connectivity index (χ2v) is 9.75. The molecule has 2 atom stereocenters. The van der Waals surface area contributed by atoms with Crippen LogP contribution in [0.2, 0.25) is 0 Å². The van der Waals surface area contributed by atoms with Crippen molar-refractivity contribution in [2.45, 2.75) is 38.3 Å². The molecule has 0 aromatic heterocycles. The Morgan fingerprint density at radius 3 is 2.55 bits per heavy atom. The van der Waals surface area contributed by atoms with Crippen LogP contribution in [0.1, 0.15) is 48.1 Å². The van der Waals surface area contributed by atoms with Crippen LogP contribution in [0.15, 0.2) is 53.9 Å². The first-order valence-corrected chi connectivity index (χ1v) is 12.1. The zero-order valence-corrected chi connectivity index (χ0v) is 18.3. The summed E-state index contributed by atoms with van der Waals surface area (Å²) in [4.78, 5) is 14.5. The maximum absolute atomic E-state index is 14.4. The number of amides is 1. The van der Waals surface area contributed by atoms with E-state index < -0.39 is 27.5 Å². The van der Waals surface area contributed by atoms with Crippen molar-refractivity contribution in [2.75, 3.05) is 17.7 Å². The lowest BCUT2D eigenvalue weighted by Crippen LogP contribution is -2.34. The second-order valence-electron chi connectivity index (χ2n) is 7.82. The number of hydrogen-bond donors (Lipinski definition) is 1. The number of nitrogens with one attached hydrogen (secondary N) is 1. The van der Waals surface area contributed by atoms with E-state index in [9.17, 15) is 22.0 Å². The Kier molecular flexibility index (Phi) is 7.10. The van der Waals surface area contributed by atoms with Gasteiger partial charge in [-0.1, -0.05) is 18.2 Å². The zero-order chi connectivity index (χ0) is 22.6. The number of sulfone groups is 1. The number of carbonyl (C=O) groups is 1. The SMILES string of the molecule is C[C@H](/C=C/S(C)(=O)=O)NC(=O)c1ccc(N2CCCC[C@@H]2c2cccc(F)c2F)cc1. The summed E-state index contributed by atoms with van der Waals surface area (Å²) in [5.41, 5.74) is 1.59. The van der Waals surface area contributed by atoms with Crippen molar-refractivity contribution < 1.29 is 22.0 Å². The number of rotatable bonds is 6. The topological polar surface area (TPSA) is 66.5 Å². The Morgan fingerprint density at radius 2 is 1.87 bits per heavy atom. The van der Waals surface area contributed by atoms with Crippen molar-refractivity contribution >= 4 is 21.4 Å². The molecule has 1 fully saturated rings. The molecule has 0 saturated carbocycles. The van der Waals surface area contributed by atoms with Crippen LogP contribution < -0.4 is 10.2 Å². The van der Waals surface area contributed by atoms with Gasteiger partial charge in [0.1, 0.15) is 0 Å². The van der Waals surface area contributed by atoms with Crippen LogP contribution in [0.5, 0.6) is 0 Å². The van der Waals surface area contributed by atoms with Crippen molar-refractivity contribution in [1.82, 2.24) is 5.32 Å². The Hall–Kier alpha value is -2.74. The molecule has 1 amide bonds. The van der Waals surface area contributed by atoms with E-state index >= 15 is 0 Å². The quantitative estimate of drug-likeness (QED) is 0.713. The van der Waals surface area contributed by atoms with E-state index in [1.165, 1.54) is 12.1 Å². The molecule has 0 radical (unpaired) electrons. The molecule has 1 aliphatic rings. The molecule has 31 heavy (non-hydrogen) atoms. The predicted octanol–water partition coefficient (Wildman–Crippen LogP) is 4.37. The van der Waals surface area contributed by atoms with Crippen LogP contribution >= 0.6 is 0 Å². The lowest BCUT2D eigenvalue weighted by molar-refractivity contribution is 0.0947. The maximum atomic E-state index is 14.4. The number of benzene rings is 2. The van der Waals surface area contributed by atoms with Crippen molar-refractivity contribution in [3.05, 3.63) is 76.7 Å². The molecule has 2 aromatic rings. The molecule has 5 nitrogen and oxygen atoms in total. The average Bonchev–Trinajstić information content (AvgIpc) is 2.74. The van der Waals surface area contributed by atoms with Gasteiger partial charge < -0.3 is 10.2 Å². The van der Waals surface area contributed by atoms with Gasteiger partial charge in [-0.05, 0) is 56.5 Å². The van der Waals surface area contributed by atoms with Crippen molar-refractivity contribution in [1.29, 1.82) is 0 Å². The number of hydrogen-bond acceptors (Lipinski definition) is 4. The molecule has 3 rings (SSSR count). The maximum Gasteiger partial charge on any atom is 0.251 e. The summed E-state index contributed by atoms with van der Waals surface area (Å²) >= 11 is 0. The van der Waals surface area contributed by atoms with Gasteiger partial charge in [-0.2, -0.15) is 0 Å². The van der Waals surface area contributed by atoms with Gasteiger partial charge in [-0.25, -0.2) is 17.2 Å². The molecule has 1 heterocycles. The van der Waals surface area contributed by atoms with Gasteiger partial charge in [0.15, 0.2) is 21.5 Å². The number of anilines is 1. The summed E-state index contributed by atoms with van der Waals surface area (Å²) in [6, 6.07) is 10.5. The third kappa shape index (κ3) is 5.91. The van der Waals surface area contributed by atoms with Gasteiger partial charge in [-0.15, -0.1) is 0 Å². The van der Waals surface area contributed by atoms with Gasteiger partial charge >= 0.3 is 0 Å². The largest absolute Gasteiger partial charge is 0.364 e. The smallest absolute Gasteiger partial charge is 0.251 e. The van der Waals surface area contributed by atoms with Crippen LogP contribution in [-0.4, -0.2) is 33.2 Å². The van der Waals surface area contributed by atoms with Crippen molar-refractivity contribution in [3.63, 3.8) is 0 Å². The summed E-state index contributed by atoms with van der Waals surface area (Å²) in [5.74, 6) is -2.00. The first-order valence-electron chi connectivity index (χ1n) is 10.2. The minimum atomic E-state index is -3.26. The Bertz CT molecular complexity index is 1070. The summed E-state index contributed by atoms with van der Waals surface area (Å²) in [6.45, 7) is 2.39. The lowest BCUT2D eigenvalue weighted by atomic mass is 9.94. The average molecular weight is 449 g/mol. The van der Waals surface area contributed by atoms with Crippen molar-refractivity contribution in [3.8, 4) is 0 Å². The summed E-state index contributed by atoms with van der Waals surface area (Å²) in [6.07, 6.45) is 5.08. The fourth-order valence-electron chi connectivity index (χ4n) is 3.74. The highest BCUT2D eigenvalue weighted by Gasteiger charge is 2.27. The predicted molar refractivity (Wildman–Crippen MR) is 118 cm³/mol. The van der Waals surface area contributed by atoms with E-state index in [0.717, 1.165) is 36.3 Å². The van der Waals surface area contributed by atoms with E-state index in [-0.39, 0.29) is 11.9 Å². The second kappa shape index (κ2) is 9.60. The van der Waals surface area contributed by atoms with E-state index in [2.05, 4.69) is 5.32 Å². The van der Waals surface area contributed by atoms with Crippen LogP contribution in [0, 0.1) is 11.6 Å². The first kappa shape index (κ1) is 22.9. The molecule has 2 aromatic carbocycles. The number of halogens is 2. The highest BCUT2D eigenvalue weighted by Crippen LogP contribution is 2.36. The van der Waals surface area contributed by atoms with E-state index in [1.54, 1.807) is 37.3 Å². The first-order chi connectivity index (χ1) is 14.7. The standard InChI is InChI=1S/C23H26F2N2O3S/c1-16(13-15-31(2,29)30)26-23(28)17-9-11-18(12-10-17)27-14-4-3-8-21(27)19-6-5-7-20(24)22(19)25/h5-7,9-13,15-16,21H,3-4,8,14H2,1-2H3,(H,26,28)/b15-13+/t16-,21-/m1/s1. The van der Waals surface area contributed by atoms with E-state index in [4.69, 9.17) is 0 Å². The van der Waals surface area contributed by atoms with E-state index in [0.29, 0.717) is 24.1 Å². The van der Waals surface area contributed by atoms with Gasteiger partial charge in [0, 0.05) is 41.1 Å². The van der Waals surface area contributed by atoms with Gasteiger partial charge in [0.25, 0.3) is 5.91 Å². The van der Waals surface area contributed by atoms with E-state index in [1.807, 2.05) is 4.90 Å². The molecule has 1 saturated heterocycles. The summed E-state index contributed by atoms with van der Waals surface area (Å²) < 4.78 is 50.6. The zero-order valence-electron chi connectivity index (χ0n) is 17.5. The van der Waals surface area contributed by atoms with Gasteiger partial charge in [0.2, 0.25) is 0 Å². The summed E-state index contributed by atoms with van der Waals surface area (Å²) in [5, 5.41) is 3.78. The van der Waals surface area contributed by atoms with Gasteiger partial charge in [-0.3, -0.25) is 4.79 Å². The molecule has 0 unspecified atom stereocenters. The third-order valence-electron chi connectivity index (χ3n) is 5.28. The molecule has 0 bridgehead atoms. The van der Waals surface area contributed by atoms with Crippen molar-refractivity contribution in [2.24, 2.45) is 0 Å². The molecule has 166 valence electrons. The summed E-state index contributed by atoms with van der Waals surface area (Å²) in [7, 11) is -3.26. The highest BCUT2D eigenvalue weighted by atomic mass is 32.2. The molecule has 1 aliphatic heterocycles. The fraction of sp³-hybridized carbons (Fsp3) is 0.348. The minimum absolute atomic E-state index is 0.273. The van der Waals surface area contributed by atoms with Gasteiger partial charge in [0.05, 0.1) is 6.04 Å². The van der Waals surface area contributed by atoms with Crippen LogP contribution in [0.25, 0.3) is 0 Å². The molecule has 0 spiro atoms. The molecule has 8 heteroatoms. The van der Waals surface area contributed by atoms with Crippen LogP contribution in [0.4, 0.5) is 14.5 Å². The Labute approximate surface area is 181 Å². The normalized spacial score (nSPS) is 18.2.